The molecule has 0 aromatic heterocycles. The van der Waals surface area contributed by atoms with Gasteiger partial charge in [0, 0.05) is 10.7 Å². The Morgan fingerprint density at radius 2 is 2.15 bits per heavy atom. The van der Waals surface area contributed by atoms with Gasteiger partial charge in [-0.2, -0.15) is 0 Å². The van der Waals surface area contributed by atoms with E-state index < -0.39 is 5.78 Å². The van der Waals surface area contributed by atoms with Crippen LogP contribution in [0.15, 0.2) is 12.1 Å². The highest BCUT2D eigenvalue weighted by Crippen LogP contribution is 2.28. The van der Waals surface area contributed by atoms with Crippen LogP contribution in [-0.4, -0.2) is 16.8 Å². The first-order valence-corrected chi connectivity index (χ1v) is 4.34. The van der Waals surface area contributed by atoms with Gasteiger partial charge in [0.2, 0.25) is 0 Å². The number of carbonyl (C=O) groups excluding carboxylic acids is 1. The Morgan fingerprint density at radius 3 is 2.62 bits per heavy atom. The third-order valence-corrected chi connectivity index (χ3v) is 1.97. The summed E-state index contributed by atoms with van der Waals surface area (Å²) >= 11 is 10.9. The summed E-state index contributed by atoms with van der Waals surface area (Å²) < 4.78 is 0. The molecule has 0 fully saturated rings. The molecular weight excluding hydrogens is 213 g/mol. The van der Waals surface area contributed by atoms with Gasteiger partial charge < -0.3 is 10.8 Å². The van der Waals surface area contributed by atoms with Crippen molar-refractivity contribution >= 4 is 34.7 Å². The highest BCUT2D eigenvalue weighted by Gasteiger charge is 2.14. The Balaban J connectivity index is 3.28. The van der Waals surface area contributed by atoms with Crippen LogP contribution < -0.4 is 5.73 Å². The largest absolute Gasteiger partial charge is 0.507 e. The number of rotatable bonds is 2. The topological polar surface area (TPSA) is 63.3 Å². The fourth-order valence-corrected chi connectivity index (χ4v) is 1.34. The minimum atomic E-state index is -0.423. The summed E-state index contributed by atoms with van der Waals surface area (Å²) in [5, 5.41) is 9.61. The predicted molar refractivity (Wildman–Crippen MR) is 52.6 cm³/mol. The molecule has 0 heterocycles. The Labute approximate surface area is 85.1 Å². The van der Waals surface area contributed by atoms with E-state index in [4.69, 9.17) is 28.9 Å². The Kier molecular flexibility index (Phi) is 3.01. The molecule has 5 heteroatoms. The van der Waals surface area contributed by atoms with E-state index in [1.54, 1.807) is 0 Å². The molecule has 0 aliphatic carbocycles. The van der Waals surface area contributed by atoms with E-state index >= 15 is 0 Å². The number of phenolic OH excluding ortho intramolecular Hbond substituents is 1. The van der Waals surface area contributed by atoms with Crippen molar-refractivity contribution in [1.29, 1.82) is 0 Å². The van der Waals surface area contributed by atoms with Gasteiger partial charge in [0.25, 0.3) is 0 Å². The van der Waals surface area contributed by atoms with Gasteiger partial charge in [0.15, 0.2) is 5.78 Å². The molecule has 0 aliphatic rings. The zero-order valence-corrected chi connectivity index (χ0v) is 8.06. The number of halogens is 2. The lowest BCUT2D eigenvalue weighted by Crippen LogP contribution is -2.05. The molecule has 70 valence electrons. The third kappa shape index (κ3) is 2.05. The molecule has 1 rings (SSSR count). The summed E-state index contributed by atoms with van der Waals surface area (Å²) in [6.07, 6.45) is 0. The molecule has 0 radical (unpaired) electrons. The molecule has 3 nitrogen and oxygen atoms in total. The van der Waals surface area contributed by atoms with Crippen molar-refractivity contribution < 1.29 is 9.90 Å². The molecular formula is C8H7Cl2NO2. The second kappa shape index (κ2) is 3.85. The smallest absolute Gasteiger partial charge is 0.183 e. The lowest BCUT2D eigenvalue weighted by Gasteiger charge is -2.05. The molecule has 1 aromatic rings. The van der Waals surface area contributed by atoms with Crippen LogP contribution >= 0.6 is 23.2 Å². The standard InChI is InChI=1S/C8H7Cl2NO2/c9-3-7(13)8-5(11)1-4(10)2-6(8)12/h1-2,12H,3,11H2. The number of nitrogens with two attached hydrogens (primary N) is 1. The van der Waals surface area contributed by atoms with Crippen LogP contribution in [0.3, 0.4) is 0 Å². The van der Waals surface area contributed by atoms with Crippen LogP contribution in [0.5, 0.6) is 5.75 Å². The van der Waals surface area contributed by atoms with Gasteiger partial charge in [-0.05, 0) is 12.1 Å². The van der Waals surface area contributed by atoms with Crippen molar-refractivity contribution in [2.75, 3.05) is 11.6 Å². The summed E-state index contributed by atoms with van der Waals surface area (Å²) in [6.45, 7) is 0. The number of Topliss-reactive ketones (excluding diaryl/α,β-unsaturated/α-hetero) is 1. The van der Waals surface area contributed by atoms with Crippen molar-refractivity contribution in [3.63, 3.8) is 0 Å². The SMILES string of the molecule is Nc1cc(Cl)cc(O)c1C(=O)CCl. The first-order chi connectivity index (χ1) is 6.06. The van der Waals surface area contributed by atoms with Crippen LogP contribution in [-0.2, 0) is 0 Å². The van der Waals surface area contributed by atoms with Gasteiger partial charge in [0.05, 0.1) is 11.4 Å². The molecule has 0 amide bonds. The molecule has 0 saturated carbocycles. The van der Waals surface area contributed by atoms with E-state index in [9.17, 15) is 9.90 Å². The van der Waals surface area contributed by atoms with Crippen LogP contribution in [0.2, 0.25) is 5.02 Å². The molecule has 0 bridgehead atoms. The number of aromatic hydroxyl groups is 1. The molecule has 0 spiro atoms. The second-order valence-corrected chi connectivity index (χ2v) is 3.15. The average molecular weight is 220 g/mol. The van der Waals surface area contributed by atoms with E-state index in [1.165, 1.54) is 12.1 Å². The Bertz CT molecular complexity index is 329. The average Bonchev–Trinajstić information content (AvgIpc) is 2.02. The van der Waals surface area contributed by atoms with Crippen molar-refractivity contribution in [2.45, 2.75) is 0 Å². The zero-order chi connectivity index (χ0) is 10.0. The minimum Gasteiger partial charge on any atom is -0.507 e. The molecule has 13 heavy (non-hydrogen) atoms. The maximum atomic E-state index is 11.2. The molecule has 1 aromatic carbocycles. The maximum Gasteiger partial charge on any atom is 0.183 e. The van der Waals surface area contributed by atoms with E-state index in [1.807, 2.05) is 0 Å². The van der Waals surface area contributed by atoms with Gasteiger partial charge in [-0.1, -0.05) is 11.6 Å². The number of nitrogen functional groups attached to an aromatic ring is 1. The number of carbonyl (C=O) groups is 1. The zero-order valence-electron chi connectivity index (χ0n) is 6.55. The number of ketones is 1. The molecule has 0 atom stereocenters. The van der Waals surface area contributed by atoms with Gasteiger partial charge in [-0.25, -0.2) is 0 Å². The van der Waals surface area contributed by atoms with E-state index in [0.717, 1.165) is 0 Å². The first-order valence-electron chi connectivity index (χ1n) is 3.43. The van der Waals surface area contributed by atoms with Crippen LogP contribution in [0.25, 0.3) is 0 Å². The molecule has 3 N–H and O–H groups in total. The van der Waals surface area contributed by atoms with Crippen LogP contribution in [0, 0.1) is 0 Å². The molecule has 0 aliphatic heterocycles. The summed E-state index contributed by atoms with van der Waals surface area (Å²) in [5.41, 5.74) is 5.64. The highest BCUT2D eigenvalue weighted by atomic mass is 35.5. The lowest BCUT2D eigenvalue weighted by molar-refractivity contribution is 0.101. The van der Waals surface area contributed by atoms with E-state index in [0.29, 0.717) is 0 Å². The summed E-state index contributed by atoms with van der Waals surface area (Å²) in [7, 11) is 0. The number of phenols is 1. The van der Waals surface area contributed by atoms with Crippen molar-refractivity contribution in [2.24, 2.45) is 0 Å². The normalized spacial score (nSPS) is 10.0. The monoisotopic (exact) mass is 219 g/mol. The minimum absolute atomic E-state index is 0.0272. The molecule has 0 unspecified atom stereocenters. The van der Waals surface area contributed by atoms with Gasteiger partial charge >= 0.3 is 0 Å². The second-order valence-electron chi connectivity index (χ2n) is 2.45. The van der Waals surface area contributed by atoms with Crippen molar-refractivity contribution in [1.82, 2.24) is 0 Å². The van der Waals surface area contributed by atoms with Crippen LogP contribution in [0.1, 0.15) is 10.4 Å². The molecule has 0 saturated heterocycles. The highest BCUT2D eigenvalue weighted by molar-refractivity contribution is 6.33. The number of hydrogen-bond acceptors (Lipinski definition) is 3. The summed E-state index contributed by atoms with van der Waals surface area (Å²) in [6, 6.07) is 2.64. The van der Waals surface area contributed by atoms with Crippen LogP contribution in [0.4, 0.5) is 5.69 Å². The number of benzene rings is 1. The van der Waals surface area contributed by atoms with Gasteiger partial charge in [-0.15, -0.1) is 11.6 Å². The fourth-order valence-electron chi connectivity index (χ4n) is 0.984. The number of alkyl halides is 1. The fraction of sp³-hybridized carbons (Fsp3) is 0.125. The third-order valence-electron chi connectivity index (χ3n) is 1.51. The summed E-state index contributed by atoms with van der Waals surface area (Å²) in [5.74, 6) is -0.886. The van der Waals surface area contributed by atoms with Crippen molar-refractivity contribution in [3.8, 4) is 5.75 Å². The first kappa shape index (κ1) is 10.2. The number of hydrogen-bond donors (Lipinski definition) is 2. The quantitative estimate of drug-likeness (QED) is 0.455. The Hall–Kier alpha value is -0.930. The summed E-state index contributed by atoms with van der Waals surface area (Å²) in [4.78, 5) is 11.2. The maximum absolute atomic E-state index is 11.2. The van der Waals surface area contributed by atoms with E-state index in [-0.39, 0.29) is 27.9 Å². The van der Waals surface area contributed by atoms with Crippen molar-refractivity contribution in [3.05, 3.63) is 22.7 Å². The predicted octanol–water partition coefficient (Wildman–Crippen LogP) is 2.05. The lowest BCUT2D eigenvalue weighted by atomic mass is 10.1. The van der Waals surface area contributed by atoms with E-state index in [2.05, 4.69) is 0 Å². The van der Waals surface area contributed by atoms with Gasteiger partial charge in [-0.3, -0.25) is 4.79 Å². The number of anilines is 1. The van der Waals surface area contributed by atoms with Gasteiger partial charge in [0.1, 0.15) is 5.75 Å². The Morgan fingerprint density at radius 1 is 1.54 bits per heavy atom.